The van der Waals surface area contributed by atoms with Gasteiger partial charge in [0.05, 0.1) is 5.69 Å². The fraction of sp³-hybridized carbons (Fsp3) is 0.333. The number of hydrogen-bond acceptors (Lipinski definition) is 5. The van der Waals surface area contributed by atoms with Crippen LogP contribution in [0.1, 0.15) is 42.9 Å². The van der Waals surface area contributed by atoms with E-state index < -0.39 is 0 Å². The molecule has 6 nitrogen and oxygen atoms in total. The molecule has 31 heavy (non-hydrogen) atoms. The Morgan fingerprint density at radius 1 is 1.13 bits per heavy atom. The molecule has 0 radical (unpaired) electrons. The molecule has 1 aliphatic rings. The van der Waals surface area contributed by atoms with Gasteiger partial charge in [0.2, 0.25) is 5.91 Å². The van der Waals surface area contributed by atoms with E-state index in [1.807, 2.05) is 36.9 Å². The fourth-order valence-corrected chi connectivity index (χ4v) is 4.00. The number of piperidine rings is 1. The first-order valence-electron chi connectivity index (χ1n) is 10.5. The highest BCUT2D eigenvalue weighted by atomic mass is 19.1. The molecule has 1 aromatic carbocycles. The van der Waals surface area contributed by atoms with Crippen molar-refractivity contribution >= 4 is 17.4 Å². The number of nitrogens with zero attached hydrogens (tertiary/aromatic N) is 4. The standard InChI is InChI=1S/C24H26FN5O/c1-15-9-10-21(16(2)26-15)22-13-23(27-20-8-4-7-19(25)12-20)29-24(28-22)18-6-5-11-30(14-18)17(3)31/h4,7-10,12-13,18H,5-6,11,14H2,1-3H3,(H,27,28,29). The quantitative estimate of drug-likeness (QED) is 0.660. The third-order valence-corrected chi connectivity index (χ3v) is 5.57. The second-order valence-corrected chi connectivity index (χ2v) is 8.02. The van der Waals surface area contributed by atoms with Gasteiger partial charge in [0.25, 0.3) is 0 Å². The predicted octanol–water partition coefficient (Wildman–Crippen LogP) is 4.76. The van der Waals surface area contributed by atoms with Crippen molar-refractivity contribution in [3.05, 3.63) is 65.5 Å². The second kappa shape index (κ2) is 8.79. The van der Waals surface area contributed by atoms with E-state index in [0.717, 1.165) is 42.0 Å². The van der Waals surface area contributed by atoms with Crippen molar-refractivity contribution in [1.82, 2.24) is 19.9 Å². The summed E-state index contributed by atoms with van der Waals surface area (Å²) in [5, 5.41) is 3.21. The number of pyridine rings is 1. The number of anilines is 2. The smallest absolute Gasteiger partial charge is 0.219 e. The van der Waals surface area contributed by atoms with Gasteiger partial charge in [0.15, 0.2) is 0 Å². The number of carbonyl (C=O) groups excluding carboxylic acids is 1. The average Bonchev–Trinajstić information content (AvgIpc) is 2.73. The van der Waals surface area contributed by atoms with Crippen molar-refractivity contribution in [2.45, 2.75) is 39.5 Å². The van der Waals surface area contributed by atoms with Gasteiger partial charge in [0.1, 0.15) is 17.5 Å². The third kappa shape index (κ3) is 4.87. The van der Waals surface area contributed by atoms with Crippen LogP contribution in [0.2, 0.25) is 0 Å². The van der Waals surface area contributed by atoms with E-state index in [-0.39, 0.29) is 17.6 Å². The van der Waals surface area contributed by atoms with Crippen molar-refractivity contribution in [2.75, 3.05) is 18.4 Å². The van der Waals surface area contributed by atoms with Gasteiger partial charge in [-0.05, 0) is 57.0 Å². The highest BCUT2D eigenvalue weighted by Crippen LogP contribution is 2.30. The maximum Gasteiger partial charge on any atom is 0.219 e. The van der Waals surface area contributed by atoms with Crippen LogP contribution in [0.15, 0.2) is 42.5 Å². The summed E-state index contributed by atoms with van der Waals surface area (Å²) in [6, 6.07) is 12.1. The molecule has 3 heterocycles. The van der Waals surface area contributed by atoms with E-state index in [1.54, 1.807) is 19.1 Å². The number of halogens is 1. The van der Waals surface area contributed by atoms with Crippen LogP contribution < -0.4 is 5.32 Å². The number of rotatable bonds is 4. The predicted molar refractivity (Wildman–Crippen MR) is 119 cm³/mol. The van der Waals surface area contributed by atoms with Gasteiger partial charge < -0.3 is 10.2 Å². The Morgan fingerprint density at radius 2 is 1.97 bits per heavy atom. The number of hydrogen-bond donors (Lipinski definition) is 1. The Hall–Kier alpha value is -3.35. The monoisotopic (exact) mass is 419 g/mol. The Bertz CT molecular complexity index is 1120. The van der Waals surface area contributed by atoms with Gasteiger partial charge >= 0.3 is 0 Å². The molecular formula is C24H26FN5O. The summed E-state index contributed by atoms with van der Waals surface area (Å²) in [5.41, 5.74) is 4.13. The molecule has 4 rings (SSSR count). The zero-order valence-corrected chi connectivity index (χ0v) is 18.0. The van der Waals surface area contributed by atoms with E-state index in [1.165, 1.54) is 12.1 Å². The lowest BCUT2D eigenvalue weighted by atomic mass is 9.96. The molecule has 1 saturated heterocycles. The van der Waals surface area contributed by atoms with Gasteiger partial charge in [-0.25, -0.2) is 14.4 Å². The fourth-order valence-electron chi connectivity index (χ4n) is 4.00. The molecule has 0 aliphatic carbocycles. The zero-order chi connectivity index (χ0) is 22.0. The lowest BCUT2D eigenvalue weighted by Gasteiger charge is -2.31. The number of likely N-dealkylation sites (tertiary alicyclic amines) is 1. The highest BCUT2D eigenvalue weighted by molar-refractivity contribution is 5.73. The van der Waals surface area contributed by atoms with Gasteiger partial charge in [-0.3, -0.25) is 9.78 Å². The summed E-state index contributed by atoms with van der Waals surface area (Å²) in [5.74, 6) is 1.07. The Balaban J connectivity index is 1.75. The average molecular weight is 420 g/mol. The summed E-state index contributed by atoms with van der Waals surface area (Å²) >= 11 is 0. The van der Waals surface area contributed by atoms with Crippen molar-refractivity contribution < 1.29 is 9.18 Å². The lowest BCUT2D eigenvalue weighted by Crippen LogP contribution is -2.38. The van der Waals surface area contributed by atoms with Crippen LogP contribution in [0.5, 0.6) is 0 Å². The molecule has 1 atom stereocenters. The maximum absolute atomic E-state index is 13.7. The highest BCUT2D eigenvalue weighted by Gasteiger charge is 2.26. The summed E-state index contributed by atoms with van der Waals surface area (Å²) in [7, 11) is 0. The largest absolute Gasteiger partial charge is 0.342 e. The van der Waals surface area contributed by atoms with Crippen LogP contribution in [0.3, 0.4) is 0 Å². The molecular weight excluding hydrogens is 393 g/mol. The summed E-state index contributed by atoms with van der Waals surface area (Å²) in [6.45, 7) is 6.88. The van der Waals surface area contributed by atoms with Gasteiger partial charge in [0, 0.05) is 54.6 Å². The van der Waals surface area contributed by atoms with Gasteiger partial charge in [-0.2, -0.15) is 0 Å². The van der Waals surface area contributed by atoms with Crippen LogP contribution in [0, 0.1) is 19.7 Å². The van der Waals surface area contributed by atoms with Gasteiger partial charge in [-0.1, -0.05) is 6.07 Å². The van der Waals surface area contributed by atoms with Crippen LogP contribution in [0.25, 0.3) is 11.3 Å². The molecule has 1 N–H and O–H groups in total. The minimum Gasteiger partial charge on any atom is -0.342 e. The van der Waals surface area contributed by atoms with Crippen molar-refractivity contribution in [2.24, 2.45) is 0 Å². The number of aromatic nitrogens is 3. The van der Waals surface area contributed by atoms with E-state index in [2.05, 4.69) is 10.3 Å². The summed E-state index contributed by atoms with van der Waals surface area (Å²) < 4.78 is 13.7. The first kappa shape index (κ1) is 20.9. The molecule has 160 valence electrons. The summed E-state index contributed by atoms with van der Waals surface area (Å²) in [6.07, 6.45) is 1.83. The van der Waals surface area contributed by atoms with Crippen molar-refractivity contribution in [1.29, 1.82) is 0 Å². The number of aryl methyl sites for hydroxylation is 2. The van der Waals surface area contributed by atoms with Crippen LogP contribution in [-0.4, -0.2) is 38.8 Å². The topological polar surface area (TPSA) is 71.0 Å². The molecule has 0 saturated carbocycles. The second-order valence-electron chi connectivity index (χ2n) is 8.02. The molecule has 1 amide bonds. The van der Waals surface area contributed by atoms with Crippen LogP contribution in [-0.2, 0) is 4.79 Å². The minimum atomic E-state index is -0.317. The molecule has 3 aromatic rings. The minimum absolute atomic E-state index is 0.0457. The molecule has 0 spiro atoms. The number of carbonyl (C=O) groups is 1. The van der Waals surface area contributed by atoms with E-state index in [4.69, 9.17) is 9.97 Å². The Labute approximate surface area is 181 Å². The summed E-state index contributed by atoms with van der Waals surface area (Å²) in [4.78, 5) is 27.9. The van der Waals surface area contributed by atoms with Crippen LogP contribution >= 0.6 is 0 Å². The zero-order valence-electron chi connectivity index (χ0n) is 18.0. The first-order chi connectivity index (χ1) is 14.9. The molecule has 7 heteroatoms. The van der Waals surface area contributed by atoms with E-state index in [0.29, 0.717) is 23.9 Å². The molecule has 0 bridgehead atoms. The van der Waals surface area contributed by atoms with Crippen LogP contribution in [0.4, 0.5) is 15.9 Å². The maximum atomic E-state index is 13.7. The third-order valence-electron chi connectivity index (χ3n) is 5.57. The van der Waals surface area contributed by atoms with E-state index >= 15 is 0 Å². The van der Waals surface area contributed by atoms with E-state index in [9.17, 15) is 9.18 Å². The Morgan fingerprint density at radius 3 is 2.71 bits per heavy atom. The lowest BCUT2D eigenvalue weighted by molar-refractivity contribution is -0.130. The molecule has 1 unspecified atom stereocenters. The number of benzene rings is 1. The molecule has 2 aromatic heterocycles. The van der Waals surface area contributed by atoms with Gasteiger partial charge in [-0.15, -0.1) is 0 Å². The van der Waals surface area contributed by atoms with Crippen molar-refractivity contribution in [3.8, 4) is 11.3 Å². The number of amides is 1. The SMILES string of the molecule is CC(=O)N1CCCC(c2nc(Nc3cccc(F)c3)cc(-c3ccc(C)nc3C)n2)C1. The molecule has 1 fully saturated rings. The first-order valence-corrected chi connectivity index (χ1v) is 10.5. The normalized spacial score (nSPS) is 16.3. The molecule has 1 aliphatic heterocycles. The Kier molecular flexibility index (Phi) is 5.93. The van der Waals surface area contributed by atoms with Crippen molar-refractivity contribution in [3.63, 3.8) is 0 Å². The number of nitrogens with one attached hydrogen (secondary N) is 1.